The van der Waals surface area contributed by atoms with E-state index in [0.29, 0.717) is 17.4 Å². The number of benzene rings is 2. The maximum Gasteiger partial charge on any atom is 0.175 e. The molecule has 0 radical (unpaired) electrons. The number of nitrogens with one attached hydrogen (secondary N) is 2. The monoisotopic (exact) mass is 370 g/mol. The molecule has 0 atom stereocenters. The molecule has 0 aliphatic heterocycles. The third-order valence-electron chi connectivity index (χ3n) is 3.75. The minimum atomic E-state index is -0.250. The zero-order valence-corrected chi connectivity index (χ0v) is 15.3. The third-order valence-corrected chi connectivity index (χ3v) is 3.96. The van der Waals surface area contributed by atoms with E-state index < -0.39 is 0 Å². The molecule has 1 aromatic heterocycles. The number of nitrogens with zero attached hydrogens (tertiary/aromatic N) is 2. The molecule has 3 rings (SSSR count). The molecule has 1 heterocycles. The molecule has 7 heteroatoms. The Labute approximate surface area is 156 Å². The molecular formula is C19H19FN4OS. The fourth-order valence-electron chi connectivity index (χ4n) is 2.50. The van der Waals surface area contributed by atoms with Crippen molar-refractivity contribution in [3.63, 3.8) is 0 Å². The molecule has 0 saturated heterocycles. The number of aryl methyl sites for hydroxylation is 1. The first-order chi connectivity index (χ1) is 12.5. The van der Waals surface area contributed by atoms with Gasteiger partial charge in [-0.25, -0.2) is 4.39 Å². The average molecular weight is 370 g/mol. The van der Waals surface area contributed by atoms with Gasteiger partial charge in [0, 0.05) is 6.20 Å². The lowest BCUT2D eigenvalue weighted by atomic mass is 10.2. The summed E-state index contributed by atoms with van der Waals surface area (Å²) in [6.45, 7) is 2.55. The number of anilines is 2. The van der Waals surface area contributed by atoms with Gasteiger partial charge in [0.15, 0.2) is 5.11 Å². The van der Waals surface area contributed by atoms with Crippen LogP contribution in [0, 0.1) is 12.7 Å². The van der Waals surface area contributed by atoms with Crippen LogP contribution in [0.1, 0.15) is 11.1 Å². The van der Waals surface area contributed by atoms with Crippen molar-refractivity contribution in [2.24, 2.45) is 0 Å². The lowest BCUT2D eigenvalue weighted by molar-refractivity contribution is 0.417. The van der Waals surface area contributed by atoms with Gasteiger partial charge in [0.25, 0.3) is 0 Å². The molecule has 0 fully saturated rings. The molecule has 0 bridgehead atoms. The molecule has 5 nitrogen and oxygen atoms in total. The molecule has 0 saturated carbocycles. The second-order valence-corrected chi connectivity index (χ2v) is 6.24. The number of halogens is 1. The molecule has 2 aromatic carbocycles. The second kappa shape index (κ2) is 7.97. The summed E-state index contributed by atoms with van der Waals surface area (Å²) < 4.78 is 20.1. The first kappa shape index (κ1) is 17.9. The Bertz CT molecular complexity index is 908. The van der Waals surface area contributed by atoms with Crippen molar-refractivity contribution in [1.29, 1.82) is 0 Å². The van der Waals surface area contributed by atoms with E-state index in [9.17, 15) is 4.39 Å². The van der Waals surface area contributed by atoms with Crippen molar-refractivity contribution in [3.05, 3.63) is 71.8 Å². The number of methoxy groups -OCH3 is 1. The van der Waals surface area contributed by atoms with Crippen LogP contribution in [-0.4, -0.2) is 22.0 Å². The lowest BCUT2D eigenvalue weighted by Crippen LogP contribution is -2.19. The Morgan fingerprint density at radius 2 is 1.96 bits per heavy atom. The van der Waals surface area contributed by atoms with Crippen LogP contribution >= 0.6 is 12.2 Å². The zero-order valence-electron chi connectivity index (χ0n) is 14.5. The topological polar surface area (TPSA) is 51.1 Å². The van der Waals surface area contributed by atoms with Gasteiger partial charge in [-0.15, -0.1) is 0 Å². The van der Waals surface area contributed by atoms with Crippen LogP contribution < -0.4 is 15.4 Å². The summed E-state index contributed by atoms with van der Waals surface area (Å²) in [7, 11) is 1.62. The van der Waals surface area contributed by atoms with E-state index in [4.69, 9.17) is 17.0 Å². The number of aromatic nitrogens is 2. The van der Waals surface area contributed by atoms with Crippen LogP contribution in [0.25, 0.3) is 0 Å². The summed E-state index contributed by atoms with van der Waals surface area (Å²) in [5, 5.41) is 11.0. The average Bonchev–Trinajstić information content (AvgIpc) is 3.04. The van der Waals surface area contributed by atoms with Gasteiger partial charge < -0.3 is 15.4 Å². The molecule has 0 amide bonds. The highest BCUT2D eigenvalue weighted by atomic mass is 32.1. The molecular weight excluding hydrogens is 351 g/mol. The first-order valence-electron chi connectivity index (χ1n) is 8.03. The Balaban J connectivity index is 1.62. The van der Waals surface area contributed by atoms with Gasteiger partial charge in [0.1, 0.15) is 11.6 Å². The van der Waals surface area contributed by atoms with E-state index >= 15 is 0 Å². The van der Waals surface area contributed by atoms with Gasteiger partial charge in [-0.2, -0.15) is 5.10 Å². The minimum absolute atomic E-state index is 0.250. The van der Waals surface area contributed by atoms with E-state index in [1.807, 2.05) is 31.3 Å². The minimum Gasteiger partial charge on any atom is -0.495 e. The summed E-state index contributed by atoms with van der Waals surface area (Å²) >= 11 is 5.37. The maximum absolute atomic E-state index is 13.0. The molecule has 0 aliphatic carbocycles. The van der Waals surface area contributed by atoms with Crippen molar-refractivity contribution in [1.82, 2.24) is 9.78 Å². The van der Waals surface area contributed by atoms with E-state index in [1.165, 1.54) is 12.1 Å². The fourth-order valence-corrected chi connectivity index (χ4v) is 2.72. The molecule has 0 aliphatic rings. The maximum atomic E-state index is 13.0. The van der Waals surface area contributed by atoms with Gasteiger partial charge in [-0.05, 0) is 54.5 Å². The van der Waals surface area contributed by atoms with E-state index in [2.05, 4.69) is 15.7 Å². The fraction of sp³-hybridized carbons (Fsp3) is 0.158. The van der Waals surface area contributed by atoms with Crippen LogP contribution in [0.4, 0.5) is 15.8 Å². The Hall–Kier alpha value is -2.93. The summed E-state index contributed by atoms with van der Waals surface area (Å²) in [6.07, 6.45) is 3.52. The number of rotatable bonds is 5. The standard InChI is InChI=1S/C19H19FN4OS/c1-13-3-8-18(25-2)17(9-13)23-19(26)22-16-10-21-24(12-16)11-14-4-6-15(20)7-5-14/h3-10,12H,11H2,1-2H3,(H2,22,23,26). The molecule has 2 N–H and O–H groups in total. The Morgan fingerprint density at radius 1 is 1.19 bits per heavy atom. The number of thiocarbonyl (C=S) groups is 1. The van der Waals surface area contributed by atoms with Crippen LogP contribution in [0.5, 0.6) is 5.75 Å². The van der Waals surface area contributed by atoms with Crippen LogP contribution in [0.15, 0.2) is 54.9 Å². The SMILES string of the molecule is COc1ccc(C)cc1NC(=S)Nc1cnn(Cc2ccc(F)cc2)c1. The largest absolute Gasteiger partial charge is 0.495 e. The molecule has 3 aromatic rings. The second-order valence-electron chi connectivity index (χ2n) is 5.84. The number of hydrogen-bond donors (Lipinski definition) is 2. The van der Waals surface area contributed by atoms with Gasteiger partial charge in [0.05, 0.1) is 31.2 Å². The summed E-state index contributed by atoms with van der Waals surface area (Å²) in [4.78, 5) is 0. The lowest BCUT2D eigenvalue weighted by Gasteiger charge is -2.13. The van der Waals surface area contributed by atoms with Crippen molar-refractivity contribution in [3.8, 4) is 5.75 Å². The van der Waals surface area contributed by atoms with Gasteiger partial charge in [0.2, 0.25) is 0 Å². The summed E-state index contributed by atoms with van der Waals surface area (Å²) in [6, 6.07) is 12.2. The highest BCUT2D eigenvalue weighted by Gasteiger charge is 2.07. The number of ether oxygens (including phenoxy) is 1. The highest BCUT2D eigenvalue weighted by molar-refractivity contribution is 7.80. The van der Waals surface area contributed by atoms with E-state index in [0.717, 1.165) is 22.5 Å². The third kappa shape index (κ3) is 4.58. The summed E-state index contributed by atoms with van der Waals surface area (Å²) in [5.41, 5.74) is 3.62. The molecule has 0 unspecified atom stereocenters. The van der Waals surface area contributed by atoms with Gasteiger partial charge in [-0.3, -0.25) is 4.68 Å². The quantitative estimate of drug-likeness (QED) is 0.660. The van der Waals surface area contributed by atoms with Crippen LogP contribution in [0.2, 0.25) is 0 Å². The highest BCUT2D eigenvalue weighted by Crippen LogP contribution is 2.25. The van der Waals surface area contributed by atoms with E-state index in [1.54, 1.807) is 30.1 Å². The van der Waals surface area contributed by atoms with Gasteiger partial charge in [-0.1, -0.05) is 18.2 Å². The van der Waals surface area contributed by atoms with Crippen molar-refractivity contribution >= 4 is 28.7 Å². The van der Waals surface area contributed by atoms with Crippen LogP contribution in [-0.2, 0) is 6.54 Å². The van der Waals surface area contributed by atoms with Gasteiger partial charge >= 0.3 is 0 Å². The predicted molar refractivity (Wildman–Crippen MR) is 105 cm³/mol. The van der Waals surface area contributed by atoms with Crippen molar-refractivity contribution in [2.75, 3.05) is 17.7 Å². The van der Waals surface area contributed by atoms with Crippen LogP contribution in [0.3, 0.4) is 0 Å². The van der Waals surface area contributed by atoms with Crippen molar-refractivity contribution < 1.29 is 9.13 Å². The Kier molecular flexibility index (Phi) is 5.48. The Morgan fingerprint density at radius 3 is 2.69 bits per heavy atom. The van der Waals surface area contributed by atoms with Crippen molar-refractivity contribution in [2.45, 2.75) is 13.5 Å². The molecule has 0 spiro atoms. The number of hydrogen-bond acceptors (Lipinski definition) is 3. The zero-order chi connectivity index (χ0) is 18.5. The molecule has 134 valence electrons. The predicted octanol–water partition coefficient (Wildman–Crippen LogP) is 4.20. The van der Waals surface area contributed by atoms with E-state index in [-0.39, 0.29) is 5.82 Å². The molecule has 26 heavy (non-hydrogen) atoms. The first-order valence-corrected chi connectivity index (χ1v) is 8.44. The smallest absolute Gasteiger partial charge is 0.175 e. The normalized spacial score (nSPS) is 10.4. The summed E-state index contributed by atoms with van der Waals surface area (Å²) in [5.74, 6) is 0.464.